The minimum Gasteiger partial charge on any atom is -0.455 e. The van der Waals surface area contributed by atoms with Crippen LogP contribution >= 0.6 is 7.26 Å². The van der Waals surface area contributed by atoms with Crippen LogP contribution in [0, 0.1) is 0 Å². The van der Waals surface area contributed by atoms with Crippen molar-refractivity contribution in [2.75, 3.05) is 13.3 Å². The number of ether oxygens (including phenoxy) is 1. The molecule has 0 saturated carbocycles. The molecular formula is C26H29NO3P+. The molecule has 0 spiro atoms. The number of hydrogen-bond acceptors (Lipinski definition) is 4. The Balaban J connectivity index is 2.24. The molecule has 0 aliphatic carbocycles. The average Bonchev–Trinajstić information content (AvgIpc) is 2.77. The maximum Gasteiger partial charge on any atom is 0.360 e. The van der Waals surface area contributed by atoms with E-state index in [1.165, 1.54) is 23.0 Å². The van der Waals surface area contributed by atoms with Crippen LogP contribution in [0.2, 0.25) is 0 Å². The fourth-order valence-corrected chi connectivity index (χ4v) is 7.69. The van der Waals surface area contributed by atoms with Gasteiger partial charge in [0.15, 0.2) is 0 Å². The molecule has 160 valence electrons. The summed E-state index contributed by atoms with van der Waals surface area (Å²) in [4.78, 5) is 18.2. The zero-order valence-corrected chi connectivity index (χ0v) is 19.4. The standard InChI is InChI=1S/C26H29NO3P/c1-26(2,3)30-25(28)24(27-29-4)20-31(21-14-8-5-9-15-21,22-16-10-6-11-17-22)23-18-12-7-13-19-23/h5-19H,20H2,1-4H3/q+1/b27-24-. The van der Waals surface area contributed by atoms with Crippen molar-refractivity contribution in [3.63, 3.8) is 0 Å². The lowest BCUT2D eigenvalue weighted by molar-refractivity contribution is -0.146. The quantitative estimate of drug-likeness (QED) is 0.241. The Labute approximate surface area is 185 Å². The predicted octanol–water partition coefficient (Wildman–Crippen LogP) is 4.32. The van der Waals surface area contributed by atoms with E-state index in [0.717, 1.165) is 0 Å². The first kappa shape index (κ1) is 22.7. The largest absolute Gasteiger partial charge is 0.455 e. The van der Waals surface area contributed by atoms with Crippen molar-refractivity contribution in [3.8, 4) is 0 Å². The van der Waals surface area contributed by atoms with Crippen LogP contribution in [0.1, 0.15) is 20.8 Å². The molecule has 0 unspecified atom stereocenters. The fourth-order valence-electron chi connectivity index (χ4n) is 3.57. The Hall–Kier alpha value is -2.97. The Morgan fingerprint density at radius 3 is 1.48 bits per heavy atom. The Morgan fingerprint density at radius 2 is 1.16 bits per heavy atom. The van der Waals surface area contributed by atoms with Gasteiger partial charge in [-0.05, 0) is 57.2 Å². The van der Waals surface area contributed by atoms with Gasteiger partial charge in [0.1, 0.15) is 42.0 Å². The van der Waals surface area contributed by atoms with Gasteiger partial charge in [-0.1, -0.05) is 59.8 Å². The van der Waals surface area contributed by atoms with Crippen molar-refractivity contribution >= 4 is 34.9 Å². The molecular weight excluding hydrogens is 405 g/mol. The van der Waals surface area contributed by atoms with Crippen LogP contribution in [0.25, 0.3) is 0 Å². The van der Waals surface area contributed by atoms with Gasteiger partial charge in [0.25, 0.3) is 0 Å². The average molecular weight is 434 g/mol. The number of esters is 1. The van der Waals surface area contributed by atoms with Gasteiger partial charge in [0.05, 0.1) is 0 Å². The highest BCUT2D eigenvalue weighted by atomic mass is 31.2. The van der Waals surface area contributed by atoms with Gasteiger partial charge in [-0.15, -0.1) is 0 Å². The third kappa shape index (κ3) is 5.39. The highest BCUT2D eigenvalue weighted by Crippen LogP contribution is 2.55. The molecule has 0 radical (unpaired) electrons. The van der Waals surface area contributed by atoms with Gasteiger partial charge in [0, 0.05) is 0 Å². The van der Waals surface area contributed by atoms with Crippen LogP contribution < -0.4 is 15.9 Å². The van der Waals surface area contributed by atoms with Gasteiger partial charge < -0.3 is 9.57 Å². The second-order valence-corrected chi connectivity index (χ2v) is 11.7. The SMILES string of the molecule is CO/N=C(/C[P+](c1ccccc1)(c1ccccc1)c1ccccc1)C(=O)OC(C)(C)C. The molecule has 3 aromatic carbocycles. The van der Waals surface area contributed by atoms with Crippen LogP contribution in [0.3, 0.4) is 0 Å². The number of hydrogen-bond donors (Lipinski definition) is 0. The lowest BCUT2D eigenvalue weighted by atomic mass is 10.2. The van der Waals surface area contributed by atoms with Crippen LogP contribution in [0.4, 0.5) is 0 Å². The van der Waals surface area contributed by atoms with E-state index >= 15 is 0 Å². The first-order valence-corrected chi connectivity index (χ1v) is 12.2. The molecule has 5 heteroatoms. The summed E-state index contributed by atoms with van der Waals surface area (Å²) in [7, 11) is -0.814. The van der Waals surface area contributed by atoms with E-state index in [-0.39, 0.29) is 5.71 Å². The third-order valence-electron chi connectivity index (χ3n) is 4.81. The van der Waals surface area contributed by atoms with Gasteiger partial charge in [-0.2, -0.15) is 0 Å². The fraction of sp³-hybridized carbons (Fsp3) is 0.231. The minimum atomic E-state index is -2.27. The molecule has 0 atom stereocenters. The maximum absolute atomic E-state index is 13.1. The monoisotopic (exact) mass is 434 g/mol. The number of oxime groups is 1. The second-order valence-electron chi connectivity index (χ2n) is 8.20. The number of carbonyl (C=O) groups excluding carboxylic acids is 1. The van der Waals surface area contributed by atoms with Crippen molar-refractivity contribution in [2.45, 2.75) is 26.4 Å². The van der Waals surface area contributed by atoms with Crippen LogP contribution in [-0.2, 0) is 14.4 Å². The van der Waals surface area contributed by atoms with Crippen molar-refractivity contribution in [1.82, 2.24) is 0 Å². The van der Waals surface area contributed by atoms with Crippen molar-refractivity contribution in [2.24, 2.45) is 5.16 Å². The number of nitrogens with zero attached hydrogens (tertiary/aromatic N) is 1. The highest BCUT2D eigenvalue weighted by Gasteiger charge is 2.48. The van der Waals surface area contributed by atoms with E-state index in [1.54, 1.807) is 0 Å². The number of carbonyl (C=O) groups is 1. The second kappa shape index (κ2) is 9.89. The molecule has 4 nitrogen and oxygen atoms in total. The molecule has 0 aliphatic rings. The van der Waals surface area contributed by atoms with Gasteiger partial charge in [-0.25, -0.2) is 4.79 Å². The Kier molecular flexibility index (Phi) is 7.25. The van der Waals surface area contributed by atoms with Crippen molar-refractivity contribution in [1.29, 1.82) is 0 Å². The molecule has 0 aromatic heterocycles. The van der Waals surface area contributed by atoms with Crippen LogP contribution in [0.5, 0.6) is 0 Å². The van der Waals surface area contributed by atoms with Crippen molar-refractivity contribution < 1.29 is 14.4 Å². The van der Waals surface area contributed by atoms with E-state index in [0.29, 0.717) is 6.16 Å². The van der Waals surface area contributed by atoms with E-state index in [4.69, 9.17) is 9.57 Å². The first-order chi connectivity index (χ1) is 14.9. The minimum absolute atomic E-state index is 0.280. The normalized spacial score (nSPS) is 12.3. The molecule has 3 aromatic rings. The molecule has 0 N–H and O–H groups in total. The topological polar surface area (TPSA) is 47.9 Å². The van der Waals surface area contributed by atoms with Gasteiger partial charge in [-0.3, -0.25) is 0 Å². The number of benzene rings is 3. The molecule has 31 heavy (non-hydrogen) atoms. The molecule has 0 saturated heterocycles. The first-order valence-electron chi connectivity index (χ1n) is 10.2. The Morgan fingerprint density at radius 1 is 0.774 bits per heavy atom. The number of rotatable bonds is 7. The van der Waals surface area contributed by atoms with E-state index in [1.807, 2.05) is 75.4 Å². The summed E-state index contributed by atoms with van der Waals surface area (Å²) >= 11 is 0. The van der Waals surface area contributed by atoms with E-state index < -0.39 is 18.8 Å². The van der Waals surface area contributed by atoms with Crippen LogP contribution in [-0.4, -0.2) is 30.6 Å². The summed E-state index contributed by atoms with van der Waals surface area (Å²) in [5.41, 5.74) is -0.346. The molecule has 0 bridgehead atoms. The van der Waals surface area contributed by atoms with E-state index in [9.17, 15) is 4.79 Å². The van der Waals surface area contributed by atoms with Crippen LogP contribution in [0.15, 0.2) is 96.2 Å². The van der Waals surface area contributed by atoms with Gasteiger partial charge in [0.2, 0.25) is 5.71 Å². The summed E-state index contributed by atoms with van der Waals surface area (Å²) in [6.07, 6.45) is 0.397. The smallest absolute Gasteiger partial charge is 0.360 e. The summed E-state index contributed by atoms with van der Waals surface area (Å²) in [5.74, 6) is -0.457. The predicted molar refractivity (Wildman–Crippen MR) is 130 cm³/mol. The molecule has 0 heterocycles. The molecule has 0 aliphatic heterocycles. The Bertz CT molecular complexity index is 916. The third-order valence-corrected chi connectivity index (χ3v) is 9.13. The summed E-state index contributed by atoms with van der Waals surface area (Å²) in [6, 6.07) is 31.0. The molecule has 3 rings (SSSR count). The lowest BCUT2D eigenvalue weighted by Crippen LogP contribution is -2.39. The van der Waals surface area contributed by atoms with Gasteiger partial charge >= 0.3 is 5.97 Å². The molecule has 0 fully saturated rings. The maximum atomic E-state index is 13.1. The summed E-state index contributed by atoms with van der Waals surface area (Å²) < 4.78 is 5.67. The van der Waals surface area contributed by atoms with Crippen molar-refractivity contribution in [3.05, 3.63) is 91.0 Å². The zero-order chi connectivity index (χ0) is 22.3. The summed E-state index contributed by atoms with van der Waals surface area (Å²) in [6.45, 7) is 5.55. The molecule has 0 amide bonds. The summed E-state index contributed by atoms with van der Waals surface area (Å²) in [5, 5.41) is 7.64. The highest BCUT2D eigenvalue weighted by molar-refractivity contribution is 7.96. The zero-order valence-electron chi connectivity index (χ0n) is 18.5. The van der Waals surface area contributed by atoms with E-state index in [2.05, 4.69) is 41.6 Å². The lowest BCUT2D eigenvalue weighted by Gasteiger charge is -2.28.